The average molecular weight is 214 g/mol. The zero-order valence-electron chi connectivity index (χ0n) is 10.0. The van der Waals surface area contributed by atoms with Crippen LogP contribution in [0.4, 0.5) is 0 Å². The molecule has 0 radical (unpaired) electrons. The van der Waals surface area contributed by atoms with Crippen molar-refractivity contribution < 1.29 is 9.53 Å². The minimum Gasteiger partial charge on any atom is -0.465 e. The van der Waals surface area contributed by atoms with Gasteiger partial charge in [0, 0.05) is 12.6 Å². The second-order valence-electron chi connectivity index (χ2n) is 4.30. The Hall–Kier alpha value is -0.610. The van der Waals surface area contributed by atoms with E-state index in [1.165, 1.54) is 12.8 Å². The van der Waals surface area contributed by atoms with E-state index in [9.17, 15) is 4.79 Å². The Kier molecular flexibility index (Phi) is 5.05. The summed E-state index contributed by atoms with van der Waals surface area (Å²) < 4.78 is 4.95. The van der Waals surface area contributed by atoms with Crippen LogP contribution in [-0.4, -0.2) is 62.1 Å². The molecule has 0 N–H and O–H groups in total. The molecule has 1 fully saturated rings. The molecule has 4 heteroatoms. The zero-order valence-corrected chi connectivity index (χ0v) is 10.0. The normalized spacial score (nSPS) is 23.1. The molecule has 0 bridgehead atoms. The summed E-state index contributed by atoms with van der Waals surface area (Å²) in [6.07, 6.45) is 2.40. The predicted octanol–water partition coefficient (Wildman–Crippen LogP) is 0.576. The molecule has 0 spiro atoms. The maximum Gasteiger partial charge on any atom is 0.320 e. The van der Waals surface area contributed by atoms with E-state index in [0.29, 0.717) is 19.2 Å². The van der Waals surface area contributed by atoms with Gasteiger partial charge in [-0.25, -0.2) is 0 Å². The molecule has 1 aliphatic rings. The van der Waals surface area contributed by atoms with Crippen LogP contribution < -0.4 is 0 Å². The average Bonchev–Trinajstić information content (AvgIpc) is 2.18. The maximum absolute atomic E-state index is 11.3. The molecule has 1 unspecified atom stereocenters. The molecule has 1 aliphatic heterocycles. The molecule has 88 valence electrons. The van der Waals surface area contributed by atoms with E-state index in [4.69, 9.17) is 4.74 Å². The number of piperidine rings is 1. The van der Waals surface area contributed by atoms with Gasteiger partial charge in [-0.05, 0) is 40.4 Å². The number of hydrogen-bond donors (Lipinski definition) is 0. The van der Waals surface area contributed by atoms with E-state index < -0.39 is 0 Å². The van der Waals surface area contributed by atoms with Crippen molar-refractivity contribution in [2.45, 2.75) is 25.8 Å². The van der Waals surface area contributed by atoms with Crippen LogP contribution in [0.5, 0.6) is 0 Å². The number of rotatable bonds is 4. The van der Waals surface area contributed by atoms with E-state index in [2.05, 4.69) is 23.9 Å². The Bertz CT molecular complexity index is 207. The molecule has 15 heavy (non-hydrogen) atoms. The van der Waals surface area contributed by atoms with E-state index in [1.807, 2.05) is 6.92 Å². The van der Waals surface area contributed by atoms with Crippen molar-refractivity contribution in [3.63, 3.8) is 0 Å². The van der Waals surface area contributed by atoms with E-state index in [1.54, 1.807) is 0 Å². The highest BCUT2D eigenvalue weighted by molar-refractivity contribution is 5.71. The van der Waals surface area contributed by atoms with Crippen LogP contribution in [0.25, 0.3) is 0 Å². The van der Waals surface area contributed by atoms with Gasteiger partial charge in [0.15, 0.2) is 0 Å². The Labute approximate surface area is 92.2 Å². The van der Waals surface area contributed by atoms with Crippen molar-refractivity contribution in [2.75, 3.05) is 40.3 Å². The lowest BCUT2D eigenvalue weighted by Gasteiger charge is -2.35. The number of carbonyl (C=O) groups excluding carboxylic acids is 1. The first-order chi connectivity index (χ1) is 7.13. The predicted molar refractivity (Wildman–Crippen MR) is 59.8 cm³/mol. The molecular weight excluding hydrogens is 192 g/mol. The lowest BCUT2D eigenvalue weighted by Crippen LogP contribution is -2.46. The van der Waals surface area contributed by atoms with Gasteiger partial charge in [0.05, 0.1) is 13.2 Å². The smallest absolute Gasteiger partial charge is 0.320 e. The highest BCUT2D eigenvalue weighted by atomic mass is 16.5. The summed E-state index contributed by atoms with van der Waals surface area (Å²) in [4.78, 5) is 15.7. The standard InChI is InChI=1S/C11H22N2O2/c1-4-15-11(14)9-13-7-5-6-10(8-13)12(2)3/h10H,4-9H2,1-3H3. The molecule has 4 nitrogen and oxygen atoms in total. The third-order valence-corrected chi connectivity index (χ3v) is 2.87. The lowest BCUT2D eigenvalue weighted by molar-refractivity contribution is -0.144. The quantitative estimate of drug-likeness (QED) is 0.641. The first-order valence-corrected chi connectivity index (χ1v) is 5.68. The van der Waals surface area contributed by atoms with Crippen LogP contribution >= 0.6 is 0 Å². The van der Waals surface area contributed by atoms with Crippen molar-refractivity contribution in [1.29, 1.82) is 0 Å². The monoisotopic (exact) mass is 214 g/mol. The van der Waals surface area contributed by atoms with Crippen LogP contribution in [-0.2, 0) is 9.53 Å². The molecule has 1 heterocycles. The van der Waals surface area contributed by atoms with E-state index in [0.717, 1.165) is 13.1 Å². The lowest BCUT2D eigenvalue weighted by atomic mass is 10.1. The Morgan fingerprint density at radius 1 is 1.53 bits per heavy atom. The van der Waals surface area contributed by atoms with Gasteiger partial charge >= 0.3 is 5.97 Å². The fourth-order valence-electron chi connectivity index (χ4n) is 1.99. The summed E-state index contributed by atoms with van der Waals surface area (Å²) in [5.41, 5.74) is 0. The van der Waals surface area contributed by atoms with Crippen LogP contribution in [0.2, 0.25) is 0 Å². The fourth-order valence-corrected chi connectivity index (χ4v) is 1.99. The van der Waals surface area contributed by atoms with Crippen LogP contribution in [0.1, 0.15) is 19.8 Å². The molecule has 0 amide bonds. The second-order valence-corrected chi connectivity index (χ2v) is 4.30. The van der Waals surface area contributed by atoms with Crippen LogP contribution in [0, 0.1) is 0 Å². The molecule has 0 saturated carbocycles. The summed E-state index contributed by atoms with van der Waals surface area (Å²) in [5, 5.41) is 0. The third-order valence-electron chi connectivity index (χ3n) is 2.87. The number of nitrogens with zero attached hydrogens (tertiary/aromatic N) is 2. The molecular formula is C11H22N2O2. The summed E-state index contributed by atoms with van der Waals surface area (Å²) in [6.45, 7) is 4.76. The molecule has 0 aromatic rings. The minimum atomic E-state index is -0.100. The summed E-state index contributed by atoms with van der Waals surface area (Å²) >= 11 is 0. The number of likely N-dealkylation sites (N-methyl/N-ethyl adjacent to an activating group) is 1. The number of likely N-dealkylation sites (tertiary alicyclic amines) is 1. The first-order valence-electron chi connectivity index (χ1n) is 5.68. The Morgan fingerprint density at radius 3 is 2.87 bits per heavy atom. The van der Waals surface area contributed by atoms with Crippen LogP contribution in [0.3, 0.4) is 0 Å². The van der Waals surface area contributed by atoms with Gasteiger partial charge in [-0.3, -0.25) is 9.69 Å². The van der Waals surface area contributed by atoms with Gasteiger partial charge in [0.25, 0.3) is 0 Å². The summed E-state index contributed by atoms with van der Waals surface area (Å²) in [5.74, 6) is -0.100. The van der Waals surface area contributed by atoms with Gasteiger partial charge in [-0.1, -0.05) is 0 Å². The summed E-state index contributed by atoms with van der Waals surface area (Å²) in [7, 11) is 4.19. The zero-order chi connectivity index (χ0) is 11.3. The van der Waals surface area contributed by atoms with Crippen molar-refractivity contribution in [3.8, 4) is 0 Å². The maximum atomic E-state index is 11.3. The number of ether oxygens (including phenoxy) is 1. The Balaban J connectivity index is 2.33. The molecule has 0 aromatic heterocycles. The topological polar surface area (TPSA) is 32.8 Å². The molecule has 1 atom stereocenters. The number of hydrogen-bond acceptors (Lipinski definition) is 4. The first kappa shape index (κ1) is 12.5. The molecule has 0 aliphatic carbocycles. The SMILES string of the molecule is CCOC(=O)CN1CCCC(N(C)C)C1. The molecule has 1 saturated heterocycles. The number of carbonyl (C=O) groups is 1. The van der Waals surface area contributed by atoms with Crippen molar-refractivity contribution in [3.05, 3.63) is 0 Å². The minimum absolute atomic E-state index is 0.100. The van der Waals surface area contributed by atoms with Crippen molar-refractivity contribution in [1.82, 2.24) is 9.80 Å². The summed E-state index contributed by atoms with van der Waals surface area (Å²) in [6, 6.07) is 0.577. The largest absolute Gasteiger partial charge is 0.465 e. The Morgan fingerprint density at radius 2 is 2.27 bits per heavy atom. The van der Waals surface area contributed by atoms with Crippen molar-refractivity contribution >= 4 is 5.97 Å². The van der Waals surface area contributed by atoms with E-state index >= 15 is 0 Å². The molecule has 0 aromatic carbocycles. The third kappa shape index (κ3) is 4.18. The van der Waals surface area contributed by atoms with Gasteiger partial charge in [0.2, 0.25) is 0 Å². The fraction of sp³-hybridized carbons (Fsp3) is 0.909. The van der Waals surface area contributed by atoms with Gasteiger partial charge in [-0.15, -0.1) is 0 Å². The number of esters is 1. The highest BCUT2D eigenvalue weighted by Crippen LogP contribution is 2.13. The van der Waals surface area contributed by atoms with Gasteiger partial charge < -0.3 is 9.64 Å². The van der Waals surface area contributed by atoms with Crippen LogP contribution in [0.15, 0.2) is 0 Å². The van der Waals surface area contributed by atoms with E-state index in [-0.39, 0.29) is 5.97 Å². The van der Waals surface area contributed by atoms with Gasteiger partial charge in [0.1, 0.15) is 0 Å². The van der Waals surface area contributed by atoms with Crippen molar-refractivity contribution in [2.24, 2.45) is 0 Å². The van der Waals surface area contributed by atoms with Gasteiger partial charge in [-0.2, -0.15) is 0 Å². The molecule has 1 rings (SSSR count). The highest BCUT2D eigenvalue weighted by Gasteiger charge is 2.22. The second kappa shape index (κ2) is 6.08.